The van der Waals surface area contributed by atoms with Crippen LogP contribution in [0.15, 0.2) is 42.5 Å². The van der Waals surface area contributed by atoms with E-state index in [2.05, 4.69) is 21.3 Å². The summed E-state index contributed by atoms with van der Waals surface area (Å²) in [5.74, 6) is 1.91. The van der Waals surface area contributed by atoms with Gasteiger partial charge in [-0.25, -0.2) is 9.78 Å². The molecule has 2 unspecified atom stereocenters. The molecular formula is C29H40N6O4. The Bertz CT molecular complexity index is 1280. The fourth-order valence-corrected chi connectivity index (χ4v) is 5.14. The number of anilines is 1. The molecule has 4 rings (SSSR count). The van der Waals surface area contributed by atoms with Crippen molar-refractivity contribution in [3.63, 3.8) is 0 Å². The van der Waals surface area contributed by atoms with Crippen LogP contribution in [0.25, 0.3) is 11.0 Å². The van der Waals surface area contributed by atoms with E-state index in [0.717, 1.165) is 54.0 Å². The molecule has 3 amide bonds. The number of rotatable bonds is 11. The fourth-order valence-electron chi connectivity index (χ4n) is 5.14. The minimum absolute atomic E-state index is 0.00227. The highest BCUT2D eigenvalue weighted by Gasteiger charge is 2.29. The summed E-state index contributed by atoms with van der Waals surface area (Å²) in [7, 11) is 3.31. The number of benzene rings is 2. The highest BCUT2D eigenvalue weighted by atomic mass is 16.5. The molecule has 2 aromatic carbocycles. The number of nitrogens with two attached hydrogens (primary N) is 1. The van der Waals surface area contributed by atoms with Gasteiger partial charge in [-0.2, -0.15) is 0 Å². The number of aryl methyl sites for hydroxylation is 2. The number of nitrogens with one attached hydrogen (secondary N) is 2. The van der Waals surface area contributed by atoms with Crippen LogP contribution in [0.5, 0.6) is 5.75 Å². The van der Waals surface area contributed by atoms with E-state index in [4.69, 9.17) is 20.2 Å². The van der Waals surface area contributed by atoms with E-state index >= 15 is 0 Å². The number of para-hydroxylation sites is 2. The molecule has 1 aliphatic rings. The number of ether oxygens (including phenoxy) is 2. The number of carbonyl (C=O) groups excluding carboxylic acids is 2. The van der Waals surface area contributed by atoms with Gasteiger partial charge in [0, 0.05) is 64.0 Å². The van der Waals surface area contributed by atoms with E-state index in [1.54, 1.807) is 26.4 Å². The number of aromatic nitrogens is 2. The van der Waals surface area contributed by atoms with Crippen molar-refractivity contribution in [2.45, 2.75) is 51.1 Å². The molecule has 1 fully saturated rings. The summed E-state index contributed by atoms with van der Waals surface area (Å²) in [6.45, 7) is 4.91. The number of likely N-dealkylation sites (tertiary alicyclic amines) is 1. The topological polar surface area (TPSA) is 124 Å². The molecule has 1 saturated heterocycles. The van der Waals surface area contributed by atoms with Crippen LogP contribution in [0.4, 0.5) is 10.5 Å². The molecule has 39 heavy (non-hydrogen) atoms. The Morgan fingerprint density at radius 1 is 1.21 bits per heavy atom. The summed E-state index contributed by atoms with van der Waals surface area (Å²) in [6, 6.07) is 12.7. The summed E-state index contributed by atoms with van der Waals surface area (Å²) in [5, 5.41) is 5.59. The maximum absolute atomic E-state index is 13.2. The maximum atomic E-state index is 13.2. The van der Waals surface area contributed by atoms with E-state index in [1.807, 2.05) is 36.1 Å². The monoisotopic (exact) mass is 536 g/mol. The third-order valence-electron chi connectivity index (χ3n) is 7.20. The lowest BCUT2D eigenvalue weighted by Crippen LogP contribution is -2.45. The Labute approximate surface area is 229 Å². The van der Waals surface area contributed by atoms with E-state index in [0.29, 0.717) is 25.4 Å². The Morgan fingerprint density at radius 2 is 2.03 bits per heavy atom. The van der Waals surface area contributed by atoms with Crippen LogP contribution >= 0.6 is 0 Å². The number of urea groups is 1. The van der Waals surface area contributed by atoms with Crippen LogP contribution in [0, 0.1) is 6.92 Å². The second kappa shape index (κ2) is 13.4. The molecule has 2 heterocycles. The van der Waals surface area contributed by atoms with Gasteiger partial charge in [-0.05, 0) is 62.1 Å². The summed E-state index contributed by atoms with van der Waals surface area (Å²) < 4.78 is 12.8. The van der Waals surface area contributed by atoms with Gasteiger partial charge in [0.25, 0.3) is 0 Å². The van der Waals surface area contributed by atoms with Crippen molar-refractivity contribution in [3.8, 4) is 5.75 Å². The number of hydrogen-bond donors (Lipinski definition) is 3. The number of hydrogen-bond acceptors (Lipinski definition) is 6. The Morgan fingerprint density at radius 3 is 2.79 bits per heavy atom. The number of piperidine rings is 1. The second-order valence-corrected chi connectivity index (χ2v) is 10.1. The molecule has 3 aromatic rings. The minimum Gasteiger partial charge on any atom is -0.497 e. The first kappa shape index (κ1) is 28.4. The smallest absolute Gasteiger partial charge is 0.319 e. The number of imidazole rings is 1. The molecule has 10 heteroatoms. The van der Waals surface area contributed by atoms with Crippen LogP contribution in [-0.2, 0) is 16.1 Å². The Hall–Kier alpha value is -3.63. The summed E-state index contributed by atoms with van der Waals surface area (Å²) in [6.07, 6.45) is 2.95. The van der Waals surface area contributed by atoms with E-state index in [9.17, 15) is 9.59 Å². The van der Waals surface area contributed by atoms with Gasteiger partial charge >= 0.3 is 6.03 Å². The summed E-state index contributed by atoms with van der Waals surface area (Å²) >= 11 is 0. The second-order valence-electron chi connectivity index (χ2n) is 10.1. The fraction of sp³-hybridized carbons (Fsp3) is 0.483. The van der Waals surface area contributed by atoms with Crippen molar-refractivity contribution in [1.82, 2.24) is 19.8 Å². The van der Waals surface area contributed by atoms with Gasteiger partial charge in [-0.3, -0.25) is 4.79 Å². The first-order valence-corrected chi connectivity index (χ1v) is 13.6. The molecule has 0 spiro atoms. The number of amides is 3. The SMILES string of the molecule is COCCCn1c(C2CCCN(C(=O)CC(N)CNC(=O)Nc3ccc(OC)cc3C)C2)nc2ccccc21. The molecule has 1 aromatic heterocycles. The molecular weight excluding hydrogens is 496 g/mol. The highest BCUT2D eigenvalue weighted by Crippen LogP contribution is 2.30. The normalized spacial score (nSPS) is 16.2. The van der Waals surface area contributed by atoms with Crippen LogP contribution < -0.4 is 21.1 Å². The van der Waals surface area contributed by atoms with Crippen molar-refractivity contribution < 1.29 is 19.1 Å². The Balaban J connectivity index is 1.31. The van der Waals surface area contributed by atoms with Crippen molar-refractivity contribution in [3.05, 3.63) is 53.9 Å². The molecule has 0 bridgehead atoms. The van der Waals surface area contributed by atoms with E-state index in [1.165, 1.54) is 0 Å². The Kier molecular flexibility index (Phi) is 9.78. The zero-order valence-electron chi connectivity index (χ0n) is 23.1. The molecule has 4 N–H and O–H groups in total. The van der Waals surface area contributed by atoms with Crippen molar-refractivity contribution in [2.75, 3.05) is 45.8 Å². The van der Waals surface area contributed by atoms with Gasteiger partial charge in [0.2, 0.25) is 5.91 Å². The average Bonchev–Trinajstić information content (AvgIpc) is 3.32. The lowest BCUT2D eigenvalue weighted by atomic mass is 9.96. The van der Waals surface area contributed by atoms with Gasteiger partial charge < -0.3 is 35.3 Å². The van der Waals surface area contributed by atoms with Crippen LogP contribution in [0.3, 0.4) is 0 Å². The predicted octanol–water partition coefficient (Wildman–Crippen LogP) is 3.63. The van der Waals surface area contributed by atoms with Crippen molar-refractivity contribution in [1.29, 1.82) is 0 Å². The molecule has 10 nitrogen and oxygen atoms in total. The standard InChI is InChI=1S/C29H40N6O4/c1-20-16-23(39-3)11-12-24(20)33-29(37)31-18-22(30)17-27(36)34-13-6-8-21(19-34)28-32-25-9-4-5-10-26(25)35(28)14-7-15-38-2/h4-5,9-12,16,21-22H,6-8,13-15,17-19,30H2,1-3H3,(H2,31,33,37). The van der Waals surface area contributed by atoms with Gasteiger partial charge in [0.1, 0.15) is 11.6 Å². The van der Waals surface area contributed by atoms with E-state index < -0.39 is 6.04 Å². The zero-order valence-corrected chi connectivity index (χ0v) is 23.1. The number of carbonyl (C=O) groups is 2. The van der Waals surface area contributed by atoms with Crippen molar-refractivity contribution >= 4 is 28.7 Å². The lowest BCUT2D eigenvalue weighted by molar-refractivity contribution is -0.132. The average molecular weight is 537 g/mol. The lowest BCUT2D eigenvalue weighted by Gasteiger charge is -2.33. The predicted molar refractivity (Wildman–Crippen MR) is 152 cm³/mol. The molecule has 2 atom stereocenters. The van der Waals surface area contributed by atoms with Crippen molar-refractivity contribution in [2.24, 2.45) is 5.73 Å². The van der Waals surface area contributed by atoms with Gasteiger partial charge in [-0.15, -0.1) is 0 Å². The van der Waals surface area contributed by atoms with Crippen LogP contribution in [0.2, 0.25) is 0 Å². The van der Waals surface area contributed by atoms with Gasteiger partial charge in [-0.1, -0.05) is 12.1 Å². The number of fused-ring (bicyclic) bond motifs is 1. The van der Waals surface area contributed by atoms with E-state index in [-0.39, 0.29) is 30.8 Å². The zero-order chi connectivity index (χ0) is 27.8. The molecule has 1 aliphatic heterocycles. The molecule has 210 valence electrons. The largest absolute Gasteiger partial charge is 0.497 e. The molecule has 0 saturated carbocycles. The van der Waals surface area contributed by atoms with Crippen LogP contribution in [-0.4, -0.2) is 72.9 Å². The third-order valence-corrected chi connectivity index (χ3v) is 7.20. The maximum Gasteiger partial charge on any atom is 0.319 e. The minimum atomic E-state index is -0.487. The third kappa shape index (κ3) is 7.27. The first-order chi connectivity index (χ1) is 18.9. The highest BCUT2D eigenvalue weighted by molar-refractivity contribution is 5.90. The van der Waals surface area contributed by atoms with Gasteiger partial charge in [0.05, 0.1) is 18.1 Å². The first-order valence-electron chi connectivity index (χ1n) is 13.6. The van der Waals surface area contributed by atoms with Crippen LogP contribution in [0.1, 0.15) is 43.0 Å². The molecule has 0 aliphatic carbocycles. The summed E-state index contributed by atoms with van der Waals surface area (Å²) in [5.41, 5.74) is 9.91. The number of nitrogens with zero attached hydrogens (tertiary/aromatic N) is 3. The number of methoxy groups -OCH3 is 2. The summed E-state index contributed by atoms with van der Waals surface area (Å²) in [4.78, 5) is 32.4. The van der Waals surface area contributed by atoms with Gasteiger partial charge in [0.15, 0.2) is 0 Å². The molecule has 0 radical (unpaired) electrons. The quantitative estimate of drug-likeness (QED) is 0.322.